The van der Waals surface area contributed by atoms with Crippen LogP contribution in [0.4, 0.5) is 0 Å². The van der Waals surface area contributed by atoms with Crippen LogP contribution in [0.3, 0.4) is 0 Å². The summed E-state index contributed by atoms with van der Waals surface area (Å²) in [5.41, 5.74) is 0.844. The quantitative estimate of drug-likeness (QED) is 0.570. The Kier molecular flexibility index (Phi) is 4.72. The lowest BCUT2D eigenvalue weighted by atomic mass is 10.2. The predicted octanol–water partition coefficient (Wildman–Crippen LogP) is 3.03. The van der Waals surface area contributed by atoms with Crippen molar-refractivity contribution in [1.29, 1.82) is 0 Å². The Balaban J connectivity index is 1.87. The van der Waals surface area contributed by atoms with Gasteiger partial charge < -0.3 is 14.2 Å². The van der Waals surface area contributed by atoms with Crippen LogP contribution >= 0.6 is 39.9 Å². The number of carbonyl (C=O) groups excluding carboxylic acids is 1. The highest BCUT2D eigenvalue weighted by atomic mass is 79.9. The van der Waals surface area contributed by atoms with E-state index in [1.54, 1.807) is 18.1 Å². The van der Waals surface area contributed by atoms with Gasteiger partial charge in [-0.05, 0) is 23.8 Å². The number of rotatable bonds is 4. The highest BCUT2D eigenvalue weighted by molar-refractivity contribution is 9.10. The predicted molar refractivity (Wildman–Crippen MR) is 92.0 cm³/mol. The molecule has 8 heteroatoms. The molecule has 5 nitrogen and oxygen atoms in total. The molecule has 0 unspecified atom stereocenters. The smallest absolute Gasteiger partial charge is 0.266 e. The summed E-state index contributed by atoms with van der Waals surface area (Å²) in [5.74, 6) is 1.26. The Morgan fingerprint density at radius 3 is 2.91 bits per heavy atom. The second-order valence-corrected chi connectivity index (χ2v) is 7.08. The summed E-state index contributed by atoms with van der Waals surface area (Å²) >= 11 is 10.0. The molecule has 0 atom stereocenters. The number of benzene rings is 1. The Hall–Kier alpha value is -1.09. The van der Waals surface area contributed by atoms with E-state index < -0.39 is 0 Å². The molecule has 116 valence electrons. The summed E-state index contributed by atoms with van der Waals surface area (Å²) in [6.07, 6.45) is 1.80. The first-order valence-electron chi connectivity index (χ1n) is 6.43. The van der Waals surface area contributed by atoms with E-state index in [0.29, 0.717) is 33.9 Å². The molecule has 0 N–H and O–H groups in total. The molecular formula is C14H12BrNO4S2. The zero-order valence-electron chi connectivity index (χ0n) is 11.6. The summed E-state index contributed by atoms with van der Waals surface area (Å²) < 4.78 is 17.1. The van der Waals surface area contributed by atoms with Crippen molar-refractivity contribution in [3.05, 3.63) is 27.1 Å². The van der Waals surface area contributed by atoms with Gasteiger partial charge in [-0.15, -0.1) is 0 Å². The topological polar surface area (TPSA) is 48.0 Å². The molecule has 0 saturated carbocycles. The lowest BCUT2D eigenvalue weighted by molar-refractivity contribution is -0.122. The van der Waals surface area contributed by atoms with Crippen LogP contribution in [0.2, 0.25) is 0 Å². The molecule has 2 aliphatic rings. The first kappa shape index (κ1) is 15.8. The molecule has 2 aliphatic heterocycles. The highest BCUT2D eigenvalue weighted by Crippen LogP contribution is 2.39. The van der Waals surface area contributed by atoms with E-state index in [1.165, 1.54) is 11.8 Å². The lowest BCUT2D eigenvalue weighted by Gasteiger charge is -2.12. The van der Waals surface area contributed by atoms with E-state index in [4.69, 9.17) is 26.4 Å². The van der Waals surface area contributed by atoms with E-state index in [-0.39, 0.29) is 12.7 Å². The van der Waals surface area contributed by atoms with Gasteiger partial charge in [0.05, 0.1) is 18.1 Å². The zero-order chi connectivity index (χ0) is 15.7. The zero-order valence-corrected chi connectivity index (χ0v) is 14.8. The Bertz CT molecular complexity index is 677. The van der Waals surface area contributed by atoms with Crippen LogP contribution in [0, 0.1) is 0 Å². The van der Waals surface area contributed by atoms with E-state index in [0.717, 1.165) is 10.0 Å². The average Bonchev–Trinajstić information content (AvgIpc) is 3.03. The summed E-state index contributed by atoms with van der Waals surface area (Å²) in [4.78, 5) is 14.5. The molecule has 3 rings (SSSR count). The molecule has 0 spiro atoms. The molecule has 0 radical (unpaired) electrons. The normalized spacial score (nSPS) is 18.6. The average molecular weight is 402 g/mol. The Morgan fingerprint density at radius 1 is 1.45 bits per heavy atom. The number of thioether (sulfide) groups is 1. The second kappa shape index (κ2) is 6.57. The van der Waals surface area contributed by atoms with Crippen molar-refractivity contribution in [2.45, 2.75) is 0 Å². The van der Waals surface area contributed by atoms with Gasteiger partial charge in [0.2, 0.25) is 6.79 Å². The van der Waals surface area contributed by atoms with Crippen molar-refractivity contribution in [3.8, 4) is 11.5 Å². The maximum Gasteiger partial charge on any atom is 0.266 e. The van der Waals surface area contributed by atoms with Gasteiger partial charge >= 0.3 is 0 Å². The van der Waals surface area contributed by atoms with Crippen LogP contribution < -0.4 is 9.47 Å². The fourth-order valence-corrected chi connectivity index (χ4v) is 3.80. The number of hydrogen-bond acceptors (Lipinski definition) is 6. The minimum atomic E-state index is -0.100. The van der Waals surface area contributed by atoms with Crippen LogP contribution in [0.15, 0.2) is 21.5 Å². The third-order valence-corrected chi connectivity index (χ3v) is 5.24. The molecule has 22 heavy (non-hydrogen) atoms. The standard InChI is InChI=1S/C14H12BrNO4S2/c1-18-3-2-16-13(17)12(22-14(16)21)5-8-4-10-11(6-9(8)15)20-7-19-10/h4-6H,2-3,7H2,1H3/b12-5-. The maximum absolute atomic E-state index is 12.4. The van der Waals surface area contributed by atoms with Gasteiger partial charge in [0.15, 0.2) is 11.5 Å². The summed E-state index contributed by atoms with van der Waals surface area (Å²) in [6, 6.07) is 3.67. The fourth-order valence-electron chi connectivity index (χ4n) is 2.06. The first-order chi connectivity index (χ1) is 10.6. The van der Waals surface area contributed by atoms with Crippen molar-refractivity contribution in [2.75, 3.05) is 27.1 Å². The number of nitrogens with zero attached hydrogens (tertiary/aromatic N) is 1. The minimum absolute atomic E-state index is 0.100. The maximum atomic E-state index is 12.4. The molecule has 0 bridgehead atoms. The van der Waals surface area contributed by atoms with Gasteiger partial charge in [0.25, 0.3) is 5.91 Å². The summed E-state index contributed by atoms with van der Waals surface area (Å²) in [5, 5.41) is 0. The molecular weight excluding hydrogens is 390 g/mol. The van der Waals surface area contributed by atoms with Crippen molar-refractivity contribution < 1.29 is 19.0 Å². The van der Waals surface area contributed by atoms with Gasteiger partial charge in [-0.25, -0.2) is 0 Å². The highest BCUT2D eigenvalue weighted by Gasteiger charge is 2.31. The molecule has 0 aromatic heterocycles. The summed E-state index contributed by atoms with van der Waals surface area (Å²) in [7, 11) is 1.59. The van der Waals surface area contributed by atoms with Crippen LogP contribution in [-0.4, -0.2) is 42.2 Å². The SMILES string of the molecule is COCCN1C(=O)/C(=C/c2cc3c(cc2Br)OCO3)SC1=S. The number of methoxy groups -OCH3 is 1. The number of fused-ring (bicyclic) bond motifs is 1. The van der Waals surface area contributed by atoms with E-state index in [9.17, 15) is 4.79 Å². The van der Waals surface area contributed by atoms with Gasteiger partial charge in [-0.3, -0.25) is 9.69 Å². The lowest BCUT2D eigenvalue weighted by Crippen LogP contribution is -2.31. The van der Waals surface area contributed by atoms with Crippen molar-refractivity contribution in [1.82, 2.24) is 4.90 Å². The van der Waals surface area contributed by atoms with Crippen LogP contribution in [0.1, 0.15) is 5.56 Å². The molecule has 1 saturated heterocycles. The number of ether oxygens (including phenoxy) is 3. The van der Waals surface area contributed by atoms with Crippen LogP contribution in [0.25, 0.3) is 6.08 Å². The van der Waals surface area contributed by atoms with Gasteiger partial charge in [0.1, 0.15) is 4.32 Å². The summed E-state index contributed by atoms with van der Waals surface area (Å²) in [6.45, 7) is 1.12. The number of halogens is 1. The number of hydrogen-bond donors (Lipinski definition) is 0. The third-order valence-electron chi connectivity index (χ3n) is 3.17. The van der Waals surface area contributed by atoms with Crippen molar-refractivity contribution in [2.24, 2.45) is 0 Å². The third kappa shape index (κ3) is 3.01. The molecule has 1 aromatic carbocycles. The first-order valence-corrected chi connectivity index (χ1v) is 8.45. The largest absolute Gasteiger partial charge is 0.454 e. The molecule has 1 fully saturated rings. The van der Waals surface area contributed by atoms with Gasteiger partial charge in [0, 0.05) is 11.6 Å². The molecule has 1 amide bonds. The van der Waals surface area contributed by atoms with Crippen LogP contribution in [0.5, 0.6) is 11.5 Å². The number of carbonyl (C=O) groups is 1. The molecule has 2 heterocycles. The fraction of sp³-hybridized carbons (Fsp3) is 0.286. The molecule has 1 aromatic rings. The van der Waals surface area contributed by atoms with Crippen molar-refractivity contribution >= 4 is 56.2 Å². The molecule has 0 aliphatic carbocycles. The van der Waals surface area contributed by atoms with Gasteiger partial charge in [-0.2, -0.15) is 0 Å². The van der Waals surface area contributed by atoms with Gasteiger partial charge in [-0.1, -0.05) is 39.9 Å². The van der Waals surface area contributed by atoms with E-state index in [2.05, 4.69) is 15.9 Å². The number of thiocarbonyl (C=S) groups is 1. The Morgan fingerprint density at radius 2 is 2.18 bits per heavy atom. The monoisotopic (exact) mass is 401 g/mol. The Labute approximate surface area is 145 Å². The van der Waals surface area contributed by atoms with Crippen molar-refractivity contribution in [3.63, 3.8) is 0 Å². The second-order valence-electron chi connectivity index (χ2n) is 4.55. The van der Waals surface area contributed by atoms with Crippen LogP contribution in [-0.2, 0) is 9.53 Å². The number of amides is 1. The van der Waals surface area contributed by atoms with E-state index in [1.807, 2.05) is 12.1 Å². The minimum Gasteiger partial charge on any atom is -0.454 e. The van der Waals surface area contributed by atoms with E-state index >= 15 is 0 Å².